The van der Waals surface area contributed by atoms with Crippen molar-refractivity contribution in [3.8, 4) is 0 Å². The Morgan fingerprint density at radius 1 is 1.71 bits per heavy atom. The smallest absolute Gasteiger partial charge is 0.00963 e. The predicted molar refractivity (Wildman–Crippen MR) is 37.6 cm³/mol. The van der Waals surface area contributed by atoms with Crippen molar-refractivity contribution < 1.29 is 0 Å². The first kappa shape index (κ1) is 5.19. The van der Waals surface area contributed by atoms with Gasteiger partial charge in [0.25, 0.3) is 0 Å². The van der Waals surface area contributed by atoms with E-state index in [2.05, 4.69) is 13.0 Å². The molecule has 0 radical (unpaired) electrons. The highest BCUT2D eigenvalue weighted by Gasteiger charge is 1.94. The summed E-state index contributed by atoms with van der Waals surface area (Å²) >= 11 is 5.00. The molecule has 1 atom stereocenters. The van der Waals surface area contributed by atoms with E-state index in [0.29, 0.717) is 0 Å². The molecule has 0 amide bonds. The highest BCUT2D eigenvalue weighted by Crippen LogP contribution is 2.08. The van der Waals surface area contributed by atoms with Crippen LogP contribution < -0.4 is 0 Å². The fourth-order valence-corrected chi connectivity index (χ4v) is 1.43. The first-order valence-corrected chi connectivity index (χ1v) is 4.27. The second kappa shape index (κ2) is 1.88. The van der Waals surface area contributed by atoms with E-state index in [1.807, 2.05) is 11.5 Å². The Labute approximate surface area is 50.5 Å². The van der Waals surface area contributed by atoms with Crippen molar-refractivity contribution in [3.63, 3.8) is 0 Å². The zero-order valence-corrected chi connectivity index (χ0v) is 5.68. The largest absolute Gasteiger partial charge is 0.0703 e. The summed E-state index contributed by atoms with van der Waals surface area (Å²) in [4.78, 5) is 1.31. The van der Waals surface area contributed by atoms with Crippen molar-refractivity contribution >= 4 is 20.6 Å². The number of hydrogen-bond acceptors (Lipinski definition) is 1. The third-order valence-corrected chi connectivity index (χ3v) is 3.15. The Balaban J connectivity index is 2.89. The summed E-state index contributed by atoms with van der Waals surface area (Å²) in [6.07, 6.45) is 4.08. The second-order valence-corrected chi connectivity index (χ2v) is 3.99. The van der Waals surface area contributed by atoms with Crippen LogP contribution in [-0.2, 0) is 20.6 Å². The molecule has 0 bridgehead atoms. The maximum Gasteiger partial charge on any atom is -0.00963 e. The average Bonchev–Trinajstić information content (AvgIpc) is 1.91. The van der Waals surface area contributed by atoms with E-state index in [-0.39, 0.29) is 9.45 Å². The lowest BCUT2D eigenvalue weighted by Crippen LogP contribution is -1.73. The topological polar surface area (TPSA) is 0 Å². The molecule has 0 nitrogen and oxygen atoms in total. The Morgan fingerprint density at radius 3 is 2.57 bits per heavy atom. The lowest BCUT2D eigenvalue weighted by atomic mass is 10.5. The van der Waals surface area contributed by atoms with E-state index in [9.17, 15) is 0 Å². The van der Waals surface area contributed by atoms with Gasteiger partial charge in [0.05, 0.1) is 0 Å². The van der Waals surface area contributed by atoms with Crippen LogP contribution in [0.25, 0.3) is 0 Å². The van der Waals surface area contributed by atoms with Crippen molar-refractivity contribution in [3.05, 3.63) is 22.5 Å². The molecule has 0 aliphatic carbocycles. The molecule has 1 heterocycles. The molecule has 0 saturated heterocycles. The highest BCUT2D eigenvalue weighted by atomic mass is 32.8. The molecule has 0 N–H and O–H groups in total. The molecule has 0 spiro atoms. The van der Waals surface area contributed by atoms with Crippen LogP contribution in [0.2, 0.25) is 0 Å². The van der Waals surface area contributed by atoms with Crippen LogP contribution in [0.4, 0.5) is 0 Å². The SMILES string of the molecule is CC1=CC=CS1=S. The molecular formula is C5H6S2. The van der Waals surface area contributed by atoms with Crippen LogP contribution in [0.3, 0.4) is 0 Å². The maximum atomic E-state index is 5.00. The fourth-order valence-electron chi connectivity index (χ4n) is 0.421. The summed E-state index contributed by atoms with van der Waals surface area (Å²) in [6.45, 7) is 2.07. The van der Waals surface area contributed by atoms with Crippen LogP contribution in [0.15, 0.2) is 22.5 Å². The Bertz CT molecular complexity index is 153. The Kier molecular flexibility index (Phi) is 1.40. The Hall–Kier alpha value is 0.0500. The third-order valence-electron chi connectivity index (χ3n) is 0.850. The molecular weight excluding hydrogens is 124 g/mol. The van der Waals surface area contributed by atoms with Crippen LogP contribution in [0, 0.1) is 0 Å². The van der Waals surface area contributed by atoms with Crippen LogP contribution >= 0.6 is 0 Å². The lowest BCUT2D eigenvalue weighted by molar-refractivity contribution is 1.70. The molecule has 1 aliphatic heterocycles. The molecule has 0 saturated carbocycles. The predicted octanol–water partition coefficient (Wildman–Crippen LogP) is 1.50. The average molecular weight is 130 g/mol. The van der Waals surface area contributed by atoms with E-state index in [1.54, 1.807) is 0 Å². The minimum atomic E-state index is 0.0463. The maximum absolute atomic E-state index is 5.00. The quantitative estimate of drug-likeness (QED) is 0.479. The molecule has 0 aromatic rings. The fraction of sp³-hybridized carbons (Fsp3) is 0.200. The monoisotopic (exact) mass is 130 g/mol. The van der Waals surface area contributed by atoms with Crippen molar-refractivity contribution in [2.24, 2.45) is 0 Å². The molecule has 38 valence electrons. The van der Waals surface area contributed by atoms with Gasteiger partial charge in [-0.15, -0.1) is 0 Å². The van der Waals surface area contributed by atoms with Crippen molar-refractivity contribution in [2.45, 2.75) is 6.92 Å². The van der Waals surface area contributed by atoms with Crippen LogP contribution in [-0.4, -0.2) is 0 Å². The van der Waals surface area contributed by atoms with Gasteiger partial charge in [0.2, 0.25) is 0 Å². The van der Waals surface area contributed by atoms with Crippen molar-refractivity contribution in [1.82, 2.24) is 0 Å². The summed E-state index contributed by atoms with van der Waals surface area (Å²) in [5.41, 5.74) is 0. The summed E-state index contributed by atoms with van der Waals surface area (Å²) in [7, 11) is 0.0463. The van der Waals surface area contributed by atoms with Gasteiger partial charge in [0, 0.05) is 0 Å². The van der Waals surface area contributed by atoms with E-state index < -0.39 is 0 Å². The minimum absolute atomic E-state index is 0.0463. The van der Waals surface area contributed by atoms with Gasteiger partial charge in [-0.1, -0.05) is 21.6 Å². The molecule has 7 heavy (non-hydrogen) atoms. The third kappa shape index (κ3) is 0.983. The summed E-state index contributed by atoms with van der Waals surface area (Å²) < 4.78 is 0. The van der Waals surface area contributed by atoms with Gasteiger partial charge in [-0.25, -0.2) is 0 Å². The lowest BCUT2D eigenvalue weighted by Gasteiger charge is -1.86. The standard InChI is InChI=1S/C5H6S2/c1-5-3-2-4-7(5)6/h2-4H,1H3. The summed E-state index contributed by atoms with van der Waals surface area (Å²) in [6, 6.07) is 0. The van der Waals surface area contributed by atoms with Gasteiger partial charge in [0.15, 0.2) is 0 Å². The zero-order chi connectivity index (χ0) is 5.28. The van der Waals surface area contributed by atoms with Gasteiger partial charge in [0.1, 0.15) is 0 Å². The van der Waals surface area contributed by atoms with Crippen molar-refractivity contribution in [1.29, 1.82) is 0 Å². The number of hydrogen-bond donors (Lipinski definition) is 0. The molecule has 1 unspecified atom stereocenters. The second-order valence-electron chi connectivity index (χ2n) is 1.40. The highest BCUT2D eigenvalue weighted by molar-refractivity contribution is 8.32. The first-order valence-electron chi connectivity index (χ1n) is 2.06. The van der Waals surface area contributed by atoms with Crippen LogP contribution in [0.1, 0.15) is 6.92 Å². The van der Waals surface area contributed by atoms with E-state index in [1.165, 1.54) is 4.91 Å². The molecule has 1 aliphatic rings. The first-order chi connectivity index (χ1) is 3.30. The summed E-state index contributed by atoms with van der Waals surface area (Å²) in [5, 5.41) is 2.05. The van der Waals surface area contributed by atoms with Gasteiger partial charge in [-0.3, -0.25) is 0 Å². The molecule has 0 aromatic heterocycles. The number of allylic oxidation sites excluding steroid dienone is 3. The zero-order valence-electron chi connectivity index (χ0n) is 4.05. The van der Waals surface area contributed by atoms with E-state index >= 15 is 0 Å². The van der Waals surface area contributed by atoms with E-state index in [0.717, 1.165) is 0 Å². The molecule has 2 heteroatoms. The Morgan fingerprint density at radius 2 is 2.43 bits per heavy atom. The van der Waals surface area contributed by atoms with Crippen molar-refractivity contribution in [2.75, 3.05) is 0 Å². The number of rotatable bonds is 0. The van der Waals surface area contributed by atoms with E-state index in [4.69, 9.17) is 11.2 Å². The summed E-state index contributed by atoms with van der Waals surface area (Å²) in [5.74, 6) is 0. The normalized spacial score (nSPS) is 28.1. The van der Waals surface area contributed by atoms with Gasteiger partial charge >= 0.3 is 0 Å². The molecule has 1 rings (SSSR count). The van der Waals surface area contributed by atoms with Crippen LogP contribution in [0.5, 0.6) is 0 Å². The van der Waals surface area contributed by atoms with Gasteiger partial charge in [-0.2, -0.15) is 0 Å². The van der Waals surface area contributed by atoms with Gasteiger partial charge < -0.3 is 0 Å². The molecule has 0 fully saturated rings. The minimum Gasteiger partial charge on any atom is -0.0703 e. The van der Waals surface area contributed by atoms with Gasteiger partial charge in [-0.05, 0) is 28.4 Å². The molecule has 0 aromatic carbocycles.